The van der Waals surface area contributed by atoms with Crippen LogP contribution in [0.25, 0.3) is 0 Å². The van der Waals surface area contributed by atoms with Crippen molar-refractivity contribution in [2.24, 2.45) is 5.41 Å². The number of rotatable bonds is 7. The van der Waals surface area contributed by atoms with Gasteiger partial charge in [0.25, 0.3) is 0 Å². The van der Waals surface area contributed by atoms with Gasteiger partial charge in [0.15, 0.2) is 0 Å². The van der Waals surface area contributed by atoms with Crippen LogP contribution in [0.2, 0.25) is 0 Å². The van der Waals surface area contributed by atoms with Crippen LogP contribution in [0.5, 0.6) is 0 Å². The van der Waals surface area contributed by atoms with E-state index in [1.54, 1.807) is 11.8 Å². The number of esters is 1. The summed E-state index contributed by atoms with van der Waals surface area (Å²) in [4.78, 5) is 16.7. The van der Waals surface area contributed by atoms with E-state index in [9.17, 15) is 9.18 Å². The van der Waals surface area contributed by atoms with Crippen molar-refractivity contribution in [1.29, 1.82) is 0 Å². The van der Waals surface area contributed by atoms with Crippen LogP contribution in [0.4, 0.5) is 15.8 Å². The van der Waals surface area contributed by atoms with Crippen LogP contribution in [0.3, 0.4) is 0 Å². The molecule has 1 atom stereocenters. The summed E-state index contributed by atoms with van der Waals surface area (Å²) in [5.74, 6) is 0.447. The number of benzene rings is 2. The lowest BCUT2D eigenvalue weighted by Gasteiger charge is -2.37. The van der Waals surface area contributed by atoms with E-state index in [1.165, 1.54) is 32.1 Å². The molecule has 0 amide bonds. The third-order valence-electron chi connectivity index (χ3n) is 5.95. The van der Waals surface area contributed by atoms with Crippen molar-refractivity contribution in [2.45, 2.75) is 49.3 Å². The van der Waals surface area contributed by atoms with Crippen molar-refractivity contribution in [3.05, 3.63) is 47.8 Å². The van der Waals surface area contributed by atoms with Gasteiger partial charge in [-0.1, -0.05) is 26.7 Å². The van der Waals surface area contributed by atoms with E-state index in [2.05, 4.69) is 24.8 Å². The average molecular weight is 448 g/mol. The summed E-state index contributed by atoms with van der Waals surface area (Å²) in [5.41, 5.74) is 2.81. The molecule has 2 aromatic carbocycles. The van der Waals surface area contributed by atoms with E-state index in [0.29, 0.717) is 5.56 Å². The van der Waals surface area contributed by atoms with Crippen molar-refractivity contribution in [2.75, 3.05) is 30.6 Å². The quantitative estimate of drug-likeness (QED) is 0.332. The first-order chi connectivity index (χ1) is 14.5. The molecule has 0 saturated carbocycles. The fraction of sp³-hybridized carbons (Fsp3) is 0.458. The summed E-state index contributed by atoms with van der Waals surface area (Å²) in [6, 6.07) is 10.8. The Morgan fingerprint density at radius 1 is 1.27 bits per heavy atom. The molecule has 1 aliphatic rings. The molecule has 0 aliphatic carbocycles. The zero-order chi connectivity index (χ0) is 21.7. The highest BCUT2D eigenvalue weighted by molar-refractivity contribution is 7.99. The Morgan fingerprint density at radius 3 is 2.60 bits per heavy atom. The zero-order valence-electron chi connectivity index (χ0n) is 18.2. The molecule has 0 spiro atoms. The first kappa shape index (κ1) is 23.0. The standard InChI is InChI=1S/C24H30FNO2S2/c1-5-7-12-24(6-2)15-26(18-10-8-17(25)9-11-18)20-14-21(29-4)19(23(27)28-3)13-22(20)30-16-24/h8-11,13-14H,5-7,12,15-16H2,1-4H3. The molecule has 1 unspecified atom stereocenters. The Bertz CT molecular complexity index is 888. The number of ether oxygens (including phenoxy) is 1. The van der Waals surface area contributed by atoms with Crippen molar-refractivity contribution in [1.82, 2.24) is 0 Å². The number of fused-ring (bicyclic) bond motifs is 1. The molecular weight excluding hydrogens is 417 g/mol. The van der Waals surface area contributed by atoms with E-state index >= 15 is 0 Å². The largest absolute Gasteiger partial charge is 0.465 e. The maximum Gasteiger partial charge on any atom is 0.339 e. The third-order valence-corrected chi connectivity index (χ3v) is 8.13. The summed E-state index contributed by atoms with van der Waals surface area (Å²) in [6.45, 7) is 5.37. The second-order valence-electron chi connectivity index (χ2n) is 7.82. The van der Waals surface area contributed by atoms with Gasteiger partial charge < -0.3 is 9.64 Å². The fourth-order valence-electron chi connectivity index (χ4n) is 3.96. The van der Waals surface area contributed by atoms with Crippen molar-refractivity contribution in [3.63, 3.8) is 0 Å². The van der Waals surface area contributed by atoms with Crippen LogP contribution >= 0.6 is 23.5 Å². The molecule has 0 aromatic heterocycles. The van der Waals surface area contributed by atoms with Crippen LogP contribution in [0.1, 0.15) is 49.9 Å². The van der Waals surface area contributed by atoms with E-state index in [0.717, 1.165) is 46.3 Å². The Hall–Kier alpha value is -1.66. The van der Waals surface area contributed by atoms with Crippen LogP contribution in [-0.2, 0) is 4.74 Å². The van der Waals surface area contributed by atoms with Crippen LogP contribution in [0, 0.1) is 11.2 Å². The number of hydrogen-bond donors (Lipinski definition) is 0. The average Bonchev–Trinajstić information content (AvgIpc) is 2.94. The highest BCUT2D eigenvalue weighted by Crippen LogP contribution is 2.48. The molecular formula is C24H30FNO2S2. The Labute approximate surface area is 187 Å². The zero-order valence-corrected chi connectivity index (χ0v) is 19.8. The topological polar surface area (TPSA) is 29.5 Å². The Morgan fingerprint density at radius 2 is 2.00 bits per heavy atom. The first-order valence-electron chi connectivity index (χ1n) is 10.4. The number of halogens is 1. The predicted molar refractivity (Wildman–Crippen MR) is 126 cm³/mol. The van der Waals surface area contributed by atoms with Gasteiger partial charge in [0.1, 0.15) is 5.82 Å². The molecule has 1 aliphatic heterocycles. The monoisotopic (exact) mass is 447 g/mol. The smallest absolute Gasteiger partial charge is 0.339 e. The third kappa shape index (κ3) is 4.80. The minimum absolute atomic E-state index is 0.152. The molecule has 0 radical (unpaired) electrons. The molecule has 3 nitrogen and oxygen atoms in total. The fourth-order valence-corrected chi connectivity index (χ4v) is 5.97. The Kier molecular flexibility index (Phi) is 7.75. The van der Waals surface area contributed by atoms with Gasteiger partial charge in [-0.25, -0.2) is 9.18 Å². The van der Waals surface area contributed by atoms with Gasteiger partial charge in [0.2, 0.25) is 0 Å². The van der Waals surface area contributed by atoms with E-state index in [-0.39, 0.29) is 17.2 Å². The van der Waals surface area contributed by atoms with E-state index in [4.69, 9.17) is 4.74 Å². The number of carbonyl (C=O) groups is 1. The van der Waals surface area contributed by atoms with Gasteiger partial charge in [-0.15, -0.1) is 23.5 Å². The highest BCUT2D eigenvalue weighted by Gasteiger charge is 2.35. The highest BCUT2D eigenvalue weighted by atomic mass is 32.2. The minimum Gasteiger partial charge on any atom is -0.465 e. The lowest BCUT2D eigenvalue weighted by molar-refractivity contribution is 0.0596. The molecule has 30 heavy (non-hydrogen) atoms. The van der Waals surface area contributed by atoms with Crippen LogP contribution in [0.15, 0.2) is 46.2 Å². The summed E-state index contributed by atoms with van der Waals surface area (Å²) in [6.07, 6.45) is 6.55. The normalized spacial score (nSPS) is 18.6. The second-order valence-corrected chi connectivity index (χ2v) is 9.69. The van der Waals surface area contributed by atoms with Crippen molar-refractivity contribution >= 4 is 40.9 Å². The number of unbranched alkanes of at least 4 members (excludes halogenated alkanes) is 1. The van der Waals surface area contributed by atoms with E-state index < -0.39 is 0 Å². The number of nitrogens with zero attached hydrogens (tertiary/aromatic N) is 1. The minimum atomic E-state index is -0.312. The van der Waals surface area contributed by atoms with Gasteiger partial charge in [-0.2, -0.15) is 0 Å². The maximum absolute atomic E-state index is 13.6. The molecule has 2 aromatic rings. The van der Waals surface area contributed by atoms with Crippen molar-refractivity contribution in [3.8, 4) is 0 Å². The molecule has 0 bridgehead atoms. The van der Waals surface area contributed by atoms with Gasteiger partial charge >= 0.3 is 5.97 Å². The SMILES string of the molecule is CCCCC1(CC)CSc2cc(C(=O)OC)c(SC)cc2N(c2ccc(F)cc2)C1. The molecule has 1 heterocycles. The number of carbonyl (C=O) groups excluding carboxylic acids is 1. The Balaban J connectivity index is 2.15. The number of anilines is 2. The first-order valence-corrected chi connectivity index (χ1v) is 12.6. The number of methoxy groups -OCH3 is 1. The molecule has 3 rings (SSSR count). The van der Waals surface area contributed by atoms with Gasteiger partial charge in [-0.3, -0.25) is 0 Å². The summed E-state index contributed by atoms with van der Waals surface area (Å²) in [7, 11) is 1.42. The summed E-state index contributed by atoms with van der Waals surface area (Å²) >= 11 is 3.36. The predicted octanol–water partition coefficient (Wildman–Crippen LogP) is 7.16. The van der Waals surface area contributed by atoms with Gasteiger partial charge in [0.05, 0.1) is 18.4 Å². The number of hydrogen-bond acceptors (Lipinski definition) is 5. The van der Waals surface area contributed by atoms with Crippen molar-refractivity contribution < 1.29 is 13.9 Å². The summed E-state index contributed by atoms with van der Waals surface area (Å²) < 4.78 is 18.7. The van der Waals surface area contributed by atoms with Gasteiger partial charge in [-0.05, 0) is 60.9 Å². The number of thioether (sulfide) groups is 2. The van der Waals surface area contributed by atoms with Gasteiger partial charge in [0, 0.05) is 27.8 Å². The second kappa shape index (κ2) is 10.1. The lowest BCUT2D eigenvalue weighted by atomic mass is 9.81. The van der Waals surface area contributed by atoms with Crippen LogP contribution in [-0.4, -0.2) is 31.6 Å². The molecule has 0 N–H and O–H groups in total. The molecule has 6 heteroatoms. The summed E-state index contributed by atoms with van der Waals surface area (Å²) in [5, 5.41) is 0. The molecule has 0 saturated heterocycles. The van der Waals surface area contributed by atoms with E-state index in [1.807, 2.05) is 36.2 Å². The van der Waals surface area contributed by atoms with Crippen LogP contribution < -0.4 is 4.90 Å². The molecule has 0 fully saturated rings. The lowest BCUT2D eigenvalue weighted by Crippen LogP contribution is -2.36. The molecule has 162 valence electrons. The maximum atomic E-state index is 13.6.